The molecule has 0 radical (unpaired) electrons. The van der Waals surface area contributed by atoms with Gasteiger partial charge in [0.2, 0.25) is 0 Å². The first kappa shape index (κ1) is 11.9. The molecule has 0 aliphatic carbocycles. The van der Waals surface area contributed by atoms with E-state index in [1.807, 2.05) is 36.6 Å². The minimum Gasteiger partial charge on any atom is -0.427 e. The lowest BCUT2D eigenvalue weighted by Gasteiger charge is -2.04. The molecule has 0 aliphatic rings. The molecule has 2 nitrogen and oxygen atoms in total. The van der Waals surface area contributed by atoms with E-state index in [4.69, 9.17) is 4.74 Å². The molecular formula is C14H14O2S. The number of benzene rings is 1. The Hall–Kier alpha value is -1.61. The first-order valence-electron chi connectivity index (χ1n) is 5.63. The van der Waals surface area contributed by atoms with Crippen molar-refractivity contribution in [3.8, 4) is 16.9 Å². The molecule has 2 rings (SSSR count). The summed E-state index contributed by atoms with van der Waals surface area (Å²) in [5.74, 6) is 0.443. The van der Waals surface area contributed by atoms with Crippen LogP contribution in [0.3, 0.4) is 0 Å². The van der Waals surface area contributed by atoms with Crippen molar-refractivity contribution in [3.05, 3.63) is 41.1 Å². The highest BCUT2D eigenvalue weighted by Gasteiger charge is 2.03. The molecule has 0 bridgehead atoms. The molecule has 0 N–H and O–H groups in total. The Morgan fingerprint density at radius 3 is 2.53 bits per heavy atom. The van der Waals surface area contributed by atoms with Crippen LogP contribution in [0.5, 0.6) is 5.75 Å². The fraction of sp³-hybridized carbons (Fsp3) is 0.214. The van der Waals surface area contributed by atoms with Crippen LogP contribution < -0.4 is 4.74 Å². The molecule has 0 atom stereocenters. The van der Waals surface area contributed by atoms with Gasteiger partial charge < -0.3 is 4.74 Å². The van der Waals surface area contributed by atoms with Crippen molar-refractivity contribution >= 4 is 17.3 Å². The fourth-order valence-corrected chi connectivity index (χ4v) is 2.20. The number of hydrogen-bond acceptors (Lipinski definition) is 3. The standard InChI is InChI=1S/C14H14O2S/c1-2-3-14(15)16-13-6-4-11(5-7-13)12-8-9-17-10-12/h4-10H,2-3H2,1H3. The van der Waals surface area contributed by atoms with E-state index in [0.29, 0.717) is 12.2 Å². The van der Waals surface area contributed by atoms with E-state index in [9.17, 15) is 4.79 Å². The second-order valence-electron chi connectivity index (χ2n) is 3.76. The van der Waals surface area contributed by atoms with Crippen molar-refractivity contribution in [2.24, 2.45) is 0 Å². The zero-order valence-corrected chi connectivity index (χ0v) is 10.5. The van der Waals surface area contributed by atoms with Crippen LogP contribution in [0, 0.1) is 0 Å². The smallest absolute Gasteiger partial charge is 0.311 e. The number of rotatable bonds is 4. The van der Waals surface area contributed by atoms with Gasteiger partial charge in [0.1, 0.15) is 5.75 Å². The molecule has 1 aromatic heterocycles. The Kier molecular flexibility index (Phi) is 3.94. The summed E-state index contributed by atoms with van der Waals surface area (Å²) in [7, 11) is 0. The molecular weight excluding hydrogens is 232 g/mol. The Bertz CT molecular complexity index is 471. The van der Waals surface area contributed by atoms with Gasteiger partial charge in [-0.25, -0.2) is 0 Å². The van der Waals surface area contributed by atoms with E-state index < -0.39 is 0 Å². The van der Waals surface area contributed by atoms with Gasteiger partial charge in [0.15, 0.2) is 0 Å². The minimum atomic E-state index is -0.171. The van der Waals surface area contributed by atoms with E-state index in [2.05, 4.69) is 11.4 Å². The maximum absolute atomic E-state index is 11.3. The highest BCUT2D eigenvalue weighted by Crippen LogP contribution is 2.24. The summed E-state index contributed by atoms with van der Waals surface area (Å²) < 4.78 is 5.19. The van der Waals surface area contributed by atoms with Crippen LogP contribution in [-0.4, -0.2) is 5.97 Å². The third-order valence-electron chi connectivity index (χ3n) is 2.39. The van der Waals surface area contributed by atoms with Gasteiger partial charge in [-0.2, -0.15) is 11.3 Å². The maximum atomic E-state index is 11.3. The van der Waals surface area contributed by atoms with Crippen LogP contribution in [0.15, 0.2) is 41.1 Å². The summed E-state index contributed by atoms with van der Waals surface area (Å²) in [4.78, 5) is 11.3. The predicted molar refractivity (Wildman–Crippen MR) is 70.3 cm³/mol. The summed E-state index contributed by atoms with van der Waals surface area (Å²) in [6.45, 7) is 1.96. The number of ether oxygens (including phenoxy) is 1. The second kappa shape index (κ2) is 5.64. The summed E-state index contributed by atoms with van der Waals surface area (Å²) >= 11 is 1.67. The molecule has 0 spiro atoms. The van der Waals surface area contributed by atoms with Gasteiger partial charge in [-0.05, 0) is 46.5 Å². The lowest BCUT2D eigenvalue weighted by atomic mass is 10.1. The molecule has 1 aromatic carbocycles. The molecule has 0 unspecified atom stereocenters. The SMILES string of the molecule is CCCC(=O)Oc1ccc(-c2ccsc2)cc1. The van der Waals surface area contributed by atoms with Crippen LogP contribution in [0.25, 0.3) is 11.1 Å². The van der Waals surface area contributed by atoms with Gasteiger partial charge in [0, 0.05) is 6.42 Å². The topological polar surface area (TPSA) is 26.3 Å². The molecule has 0 fully saturated rings. The number of carbonyl (C=O) groups is 1. The van der Waals surface area contributed by atoms with Crippen molar-refractivity contribution in [2.45, 2.75) is 19.8 Å². The van der Waals surface area contributed by atoms with Gasteiger partial charge in [-0.1, -0.05) is 19.1 Å². The average molecular weight is 246 g/mol. The van der Waals surface area contributed by atoms with Gasteiger partial charge in [-0.15, -0.1) is 0 Å². The van der Waals surface area contributed by atoms with Crippen LogP contribution in [0.1, 0.15) is 19.8 Å². The molecule has 0 saturated heterocycles. The lowest BCUT2D eigenvalue weighted by Crippen LogP contribution is -2.06. The Morgan fingerprint density at radius 2 is 1.94 bits per heavy atom. The van der Waals surface area contributed by atoms with Crippen molar-refractivity contribution < 1.29 is 9.53 Å². The maximum Gasteiger partial charge on any atom is 0.311 e. The largest absolute Gasteiger partial charge is 0.427 e. The molecule has 3 heteroatoms. The molecule has 0 amide bonds. The van der Waals surface area contributed by atoms with Gasteiger partial charge in [0.05, 0.1) is 0 Å². The fourth-order valence-electron chi connectivity index (χ4n) is 1.53. The van der Waals surface area contributed by atoms with Gasteiger partial charge in [-0.3, -0.25) is 4.79 Å². The number of hydrogen-bond donors (Lipinski definition) is 0. The van der Waals surface area contributed by atoms with Gasteiger partial charge in [0.25, 0.3) is 0 Å². The van der Waals surface area contributed by atoms with E-state index >= 15 is 0 Å². The van der Waals surface area contributed by atoms with Crippen molar-refractivity contribution in [3.63, 3.8) is 0 Å². The predicted octanol–water partition coefficient (Wildman–Crippen LogP) is 4.12. The van der Waals surface area contributed by atoms with E-state index in [-0.39, 0.29) is 5.97 Å². The number of carbonyl (C=O) groups excluding carboxylic acids is 1. The van der Waals surface area contributed by atoms with Crippen molar-refractivity contribution in [2.75, 3.05) is 0 Å². The summed E-state index contributed by atoms with van der Waals surface area (Å²) in [6.07, 6.45) is 1.28. The van der Waals surface area contributed by atoms with Gasteiger partial charge >= 0.3 is 5.97 Å². The molecule has 88 valence electrons. The van der Waals surface area contributed by atoms with Crippen molar-refractivity contribution in [1.82, 2.24) is 0 Å². The number of esters is 1. The first-order valence-corrected chi connectivity index (χ1v) is 6.57. The Balaban J connectivity index is 2.06. The molecule has 0 saturated carbocycles. The van der Waals surface area contributed by atoms with Crippen LogP contribution >= 0.6 is 11.3 Å². The summed E-state index contributed by atoms with van der Waals surface area (Å²) in [6, 6.07) is 9.68. The third-order valence-corrected chi connectivity index (χ3v) is 3.08. The quantitative estimate of drug-likeness (QED) is 0.599. The van der Waals surface area contributed by atoms with E-state index in [1.54, 1.807) is 11.3 Å². The Labute approximate surface area is 105 Å². The highest BCUT2D eigenvalue weighted by atomic mass is 32.1. The van der Waals surface area contributed by atoms with Crippen molar-refractivity contribution in [1.29, 1.82) is 0 Å². The lowest BCUT2D eigenvalue weighted by molar-refractivity contribution is -0.134. The molecule has 2 aromatic rings. The normalized spacial score (nSPS) is 10.2. The molecule has 0 aliphatic heterocycles. The average Bonchev–Trinajstić information content (AvgIpc) is 2.84. The summed E-state index contributed by atoms with van der Waals surface area (Å²) in [5, 5.41) is 4.14. The van der Waals surface area contributed by atoms with E-state index in [0.717, 1.165) is 12.0 Å². The molecule has 17 heavy (non-hydrogen) atoms. The van der Waals surface area contributed by atoms with E-state index in [1.165, 1.54) is 5.56 Å². The zero-order chi connectivity index (χ0) is 12.1. The van der Waals surface area contributed by atoms with Crippen LogP contribution in [0.2, 0.25) is 0 Å². The summed E-state index contributed by atoms with van der Waals surface area (Å²) in [5.41, 5.74) is 2.34. The number of thiophene rings is 1. The van der Waals surface area contributed by atoms with Crippen LogP contribution in [-0.2, 0) is 4.79 Å². The highest BCUT2D eigenvalue weighted by molar-refractivity contribution is 7.08. The minimum absolute atomic E-state index is 0.171. The monoisotopic (exact) mass is 246 g/mol. The molecule has 1 heterocycles. The van der Waals surface area contributed by atoms with Crippen LogP contribution in [0.4, 0.5) is 0 Å². The Morgan fingerprint density at radius 1 is 1.18 bits per heavy atom. The third kappa shape index (κ3) is 3.17. The first-order chi connectivity index (χ1) is 8.29. The second-order valence-corrected chi connectivity index (χ2v) is 4.54. The zero-order valence-electron chi connectivity index (χ0n) is 9.68.